The molecule has 0 saturated heterocycles. The van der Waals surface area contributed by atoms with Gasteiger partial charge < -0.3 is 15.2 Å². The first-order valence-electron chi connectivity index (χ1n) is 6.72. The van der Waals surface area contributed by atoms with Gasteiger partial charge in [-0.25, -0.2) is 0 Å². The van der Waals surface area contributed by atoms with Gasteiger partial charge in [-0.15, -0.1) is 0 Å². The fraction of sp³-hybridized carbons (Fsp3) is 0.294. The third-order valence-electron chi connectivity index (χ3n) is 3.30. The summed E-state index contributed by atoms with van der Waals surface area (Å²) in [4.78, 5) is 0. The van der Waals surface area contributed by atoms with Crippen molar-refractivity contribution >= 4 is 0 Å². The van der Waals surface area contributed by atoms with Crippen LogP contribution in [0.5, 0.6) is 11.5 Å². The molecule has 0 aliphatic rings. The molecular weight excluding hydrogens is 250 g/mol. The van der Waals surface area contributed by atoms with Crippen molar-refractivity contribution in [1.29, 1.82) is 0 Å². The minimum absolute atomic E-state index is 0.0389. The van der Waals surface area contributed by atoms with E-state index < -0.39 is 0 Å². The molecule has 0 spiro atoms. The van der Waals surface area contributed by atoms with Gasteiger partial charge in [0.05, 0.1) is 7.11 Å². The van der Waals surface area contributed by atoms with Crippen LogP contribution in [0, 0.1) is 6.92 Å². The van der Waals surface area contributed by atoms with Crippen LogP contribution in [0.3, 0.4) is 0 Å². The van der Waals surface area contributed by atoms with E-state index in [4.69, 9.17) is 15.2 Å². The fourth-order valence-corrected chi connectivity index (χ4v) is 2.10. The summed E-state index contributed by atoms with van der Waals surface area (Å²) in [7, 11) is 1.67. The summed E-state index contributed by atoms with van der Waals surface area (Å²) in [5.74, 6) is 1.72. The van der Waals surface area contributed by atoms with Crippen LogP contribution >= 0.6 is 0 Å². The zero-order valence-corrected chi connectivity index (χ0v) is 12.2. The largest absolute Gasteiger partial charge is 0.496 e. The standard InChI is InChI=1S/C17H21NO2/c1-12-10-14(13(2)18)8-9-16(12)20-11-15-6-4-5-7-17(15)19-3/h4-10,13H,11,18H2,1-3H3/t13-/m0/s1. The van der Waals surface area contributed by atoms with E-state index in [-0.39, 0.29) is 6.04 Å². The number of rotatable bonds is 5. The van der Waals surface area contributed by atoms with Crippen LogP contribution in [-0.2, 0) is 6.61 Å². The third kappa shape index (κ3) is 3.31. The summed E-state index contributed by atoms with van der Waals surface area (Å²) in [5, 5.41) is 0. The molecule has 0 bridgehead atoms. The molecule has 20 heavy (non-hydrogen) atoms. The summed E-state index contributed by atoms with van der Waals surface area (Å²) in [5.41, 5.74) is 9.12. The van der Waals surface area contributed by atoms with Crippen LogP contribution in [0.1, 0.15) is 29.7 Å². The maximum Gasteiger partial charge on any atom is 0.125 e. The normalized spacial score (nSPS) is 12.0. The highest BCUT2D eigenvalue weighted by Crippen LogP contribution is 2.24. The number of hydrogen-bond donors (Lipinski definition) is 1. The zero-order valence-electron chi connectivity index (χ0n) is 12.2. The molecule has 2 rings (SSSR count). The predicted molar refractivity (Wildman–Crippen MR) is 81.1 cm³/mol. The summed E-state index contributed by atoms with van der Waals surface area (Å²) in [6, 6.07) is 14.0. The molecule has 1 atom stereocenters. The maximum atomic E-state index is 5.88. The van der Waals surface area contributed by atoms with E-state index in [1.54, 1.807) is 7.11 Å². The summed E-state index contributed by atoms with van der Waals surface area (Å²) >= 11 is 0. The van der Waals surface area contributed by atoms with Gasteiger partial charge in [0.1, 0.15) is 18.1 Å². The van der Waals surface area contributed by atoms with E-state index in [1.165, 1.54) is 0 Å². The Kier molecular flexibility index (Phi) is 4.64. The van der Waals surface area contributed by atoms with Crippen molar-refractivity contribution in [3.8, 4) is 11.5 Å². The molecule has 0 unspecified atom stereocenters. The topological polar surface area (TPSA) is 44.5 Å². The number of hydrogen-bond acceptors (Lipinski definition) is 3. The number of nitrogens with two attached hydrogens (primary N) is 1. The highest BCUT2D eigenvalue weighted by Gasteiger charge is 2.06. The highest BCUT2D eigenvalue weighted by molar-refractivity contribution is 5.38. The summed E-state index contributed by atoms with van der Waals surface area (Å²) in [6.45, 7) is 4.50. The van der Waals surface area contributed by atoms with E-state index in [0.717, 1.165) is 28.2 Å². The highest BCUT2D eigenvalue weighted by atomic mass is 16.5. The average Bonchev–Trinajstić information content (AvgIpc) is 2.46. The Morgan fingerprint density at radius 2 is 1.85 bits per heavy atom. The third-order valence-corrected chi connectivity index (χ3v) is 3.30. The van der Waals surface area contributed by atoms with Gasteiger partial charge in [-0.2, -0.15) is 0 Å². The monoisotopic (exact) mass is 271 g/mol. The second-order valence-corrected chi connectivity index (χ2v) is 4.91. The molecule has 0 fully saturated rings. The van der Waals surface area contributed by atoms with Gasteiger partial charge in [-0.3, -0.25) is 0 Å². The summed E-state index contributed by atoms with van der Waals surface area (Å²) in [6.07, 6.45) is 0. The van der Waals surface area contributed by atoms with Gasteiger partial charge in [0.25, 0.3) is 0 Å². The first kappa shape index (κ1) is 14.4. The first-order valence-corrected chi connectivity index (χ1v) is 6.72. The van der Waals surface area contributed by atoms with Gasteiger partial charge in [-0.05, 0) is 37.1 Å². The van der Waals surface area contributed by atoms with Crippen LogP contribution in [-0.4, -0.2) is 7.11 Å². The molecule has 0 radical (unpaired) electrons. The van der Waals surface area contributed by atoms with Gasteiger partial charge in [0.2, 0.25) is 0 Å². The Hall–Kier alpha value is -2.00. The van der Waals surface area contributed by atoms with Crippen molar-refractivity contribution in [1.82, 2.24) is 0 Å². The molecule has 2 N–H and O–H groups in total. The van der Waals surface area contributed by atoms with Crippen LogP contribution in [0.4, 0.5) is 0 Å². The van der Waals surface area contributed by atoms with E-state index >= 15 is 0 Å². The molecule has 0 aromatic heterocycles. The SMILES string of the molecule is COc1ccccc1COc1ccc([C@H](C)N)cc1C. The molecule has 3 nitrogen and oxygen atoms in total. The lowest BCUT2D eigenvalue weighted by Crippen LogP contribution is -2.06. The van der Waals surface area contributed by atoms with Gasteiger partial charge in [-0.1, -0.05) is 30.3 Å². The Morgan fingerprint density at radius 1 is 1.10 bits per heavy atom. The summed E-state index contributed by atoms with van der Waals surface area (Å²) < 4.78 is 11.2. The molecular formula is C17H21NO2. The van der Waals surface area contributed by atoms with Gasteiger partial charge >= 0.3 is 0 Å². The number of para-hydroxylation sites is 1. The molecule has 0 saturated carbocycles. The average molecular weight is 271 g/mol. The predicted octanol–water partition coefficient (Wildman–Crippen LogP) is 3.60. The molecule has 0 aliphatic heterocycles. The van der Waals surface area contributed by atoms with Crippen molar-refractivity contribution in [2.45, 2.75) is 26.5 Å². The Balaban J connectivity index is 2.11. The van der Waals surface area contributed by atoms with Crippen molar-refractivity contribution < 1.29 is 9.47 Å². The van der Waals surface area contributed by atoms with Crippen LogP contribution in [0.25, 0.3) is 0 Å². The van der Waals surface area contributed by atoms with Crippen LogP contribution < -0.4 is 15.2 Å². The van der Waals surface area contributed by atoms with Gasteiger partial charge in [0.15, 0.2) is 0 Å². The van der Waals surface area contributed by atoms with Crippen LogP contribution in [0.2, 0.25) is 0 Å². The number of aryl methyl sites for hydroxylation is 1. The molecule has 2 aromatic carbocycles. The van der Waals surface area contributed by atoms with E-state index in [1.807, 2.05) is 50.2 Å². The molecule has 0 aliphatic carbocycles. The molecule has 2 aromatic rings. The van der Waals surface area contributed by atoms with Crippen molar-refractivity contribution in [2.24, 2.45) is 5.73 Å². The van der Waals surface area contributed by atoms with E-state index in [2.05, 4.69) is 6.07 Å². The lowest BCUT2D eigenvalue weighted by Gasteiger charge is -2.13. The molecule has 106 valence electrons. The first-order chi connectivity index (χ1) is 9.61. The second-order valence-electron chi connectivity index (χ2n) is 4.91. The zero-order chi connectivity index (χ0) is 14.5. The van der Waals surface area contributed by atoms with Crippen molar-refractivity contribution in [3.63, 3.8) is 0 Å². The van der Waals surface area contributed by atoms with E-state index in [9.17, 15) is 0 Å². The van der Waals surface area contributed by atoms with Crippen LogP contribution in [0.15, 0.2) is 42.5 Å². The van der Waals surface area contributed by atoms with Gasteiger partial charge in [0, 0.05) is 11.6 Å². The molecule has 0 heterocycles. The number of methoxy groups -OCH3 is 1. The fourth-order valence-electron chi connectivity index (χ4n) is 2.10. The van der Waals surface area contributed by atoms with Crippen molar-refractivity contribution in [3.05, 3.63) is 59.2 Å². The Bertz CT molecular complexity index is 579. The Labute approximate surface area is 120 Å². The molecule has 3 heteroatoms. The second kappa shape index (κ2) is 6.44. The van der Waals surface area contributed by atoms with Crippen molar-refractivity contribution in [2.75, 3.05) is 7.11 Å². The maximum absolute atomic E-state index is 5.88. The smallest absolute Gasteiger partial charge is 0.125 e. The lowest BCUT2D eigenvalue weighted by molar-refractivity contribution is 0.294. The Morgan fingerprint density at radius 3 is 2.50 bits per heavy atom. The molecule has 0 amide bonds. The lowest BCUT2D eigenvalue weighted by atomic mass is 10.1. The quantitative estimate of drug-likeness (QED) is 0.903. The minimum atomic E-state index is 0.0389. The minimum Gasteiger partial charge on any atom is -0.496 e. The number of benzene rings is 2. The van der Waals surface area contributed by atoms with E-state index in [0.29, 0.717) is 6.61 Å². The number of ether oxygens (including phenoxy) is 2.